The first-order valence-corrected chi connectivity index (χ1v) is 14.7. The number of hydrogen-bond acceptors (Lipinski definition) is 4. The maximum atomic E-state index is 12.4. The molecule has 0 aliphatic rings. The van der Waals surface area contributed by atoms with Crippen LogP contribution >= 0.6 is 0 Å². The maximum absolute atomic E-state index is 12.4. The van der Waals surface area contributed by atoms with E-state index in [0.29, 0.717) is 11.5 Å². The summed E-state index contributed by atoms with van der Waals surface area (Å²) >= 11 is 0. The van der Waals surface area contributed by atoms with Crippen molar-refractivity contribution < 1.29 is 16.8 Å². The fourth-order valence-electron chi connectivity index (χ4n) is 2.16. The Morgan fingerprint density at radius 3 is 1.21 bits per heavy atom. The minimum atomic E-state index is -3.71. The molecule has 28 heavy (non-hydrogen) atoms. The molecule has 0 aliphatic carbocycles. The summed E-state index contributed by atoms with van der Waals surface area (Å²) in [5.74, 6) is 0.912. The Morgan fingerprint density at radius 1 is 0.643 bits per heavy atom. The van der Waals surface area contributed by atoms with Crippen molar-refractivity contribution in [1.29, 1.82) is 0 Å². The summed E-state index contributed by atoms with van der Waals surface area (Å²) in [6.07, 6.45) is 3.47. The second-order valence-electron chi connectivity index (χ2n) is 6.33. The number of nitrogens with zero attached hydrogens (tertiary/aromatic N) is 2. The van der Waals surface area contributed by atoms with Crippen LogP contribution in [0.5, 0.6) is 0 Å². The van der Waals surface area contributed by atoms with Crippen LogP contribution in [-0.4, -0.2) is 40.9 Å². The third-order valence-corrected chi connectivity index (χ3v) is 11.0. The number of rotatable bonds is 7. The molecule has 0 radical (unpaired) electrons. The van der Waals surface area contributed by atoms with Crippen molar-refractivity contribution in [2.75, 3.05) is 24.0 Å². The van der Waals surface area contributed by atoms with E-state index in [0.717, 1.165) is 11.1 Å². The molecule has 0 saturated heterocycles. The molecule has 0 amide bonds. The topological polar surface area (TPSA) is 93.0 Å². The highest BCUT2D eigenvalue weighted by Crippen LogP contribution is 2.15. The van der Waals surface area contributed by atoms with Crippen molar-refractivity contribution in [1.82, 2.24) is 0 Å². The summed E-state index contributed by atoms with van der Waals surface area (Å²) in [6.45, 7) is 3.77. The van der Waals surface area contributed by atoms with E-state index in [9.17, 15) is 16.8 Å². The van der Waals surface area contributed by atoms with Crippen LogP contribution in [0.4, 0.5) is 0 Å². The summed E-state index contributed by atoms with van der Waals surface area (Å²) < 4.78 is 57.4. The van der Waals surface area contributed by atoms with Crippen molar-refractivity contribution in [3.8, 4) is 0 Å². The Labute approximate surface area is 172 Å². The van der Waals surface area contributed by atoms with Gasteiger partial charge in [0.25, 0.3) is 20.0 Å². The molecule has 154 valence electrons. The normalized spacial score (nSPS) is 14.9. The van der Waals surface area contributed by atoms with Gasteiger partial charge in [0.2, 0.25) is 0 Å². The van der Waals surface area contributed by atoms with Crippen LogP contribution in [0.3, 0.4) is 0 Å². The molecule has 2 atom stereocenters. The molecule has 0 aromatic heterocycles. The average Bonchev–Trinajstić information content (AvgIpc) is 2.60. The number of aryl methyl sites for hydroxylation is 2. The quantitative estimate of drug-likeness (QED) is 0.634. The summed E-state index contributed by atoms with van der Waals surface area (Å²) in [5.41, 5.74) is 1.95. The van der Waals surface area contributed by atoms with Gasteiger partial charge in [0.05, 0.1) is 9.79 Å². The lowest BCUT2D eigenvalue weighted by Gasteiger charge is -2.06. The molecule has 0 N–H and O–H groups in total. The Morgan fingerprint density at radius 2 is 0.929 bits per heavy atom. The van der Waals surface area contributed by atoms with Crippen LogP contribution in [-0.2, 0) is 41.4 Å². The summed E-state index contributed by atoms with van der Waals surface area (Å²) in [7, 11) is -8.93. The minimum absolute atomic E-state index is 0.166. The van der Waals surface area contributed by atoms with Gasteiger partial charge in [0.1, 0.15) is 0 Å². The van der Waals surface area contributed by atoms with E-state index in [1.165, 1.54) is 0 Å². The van der Waals surface area contributed by atoms with Gasteiger partial charge in [-0.2, -0.15) is 16.8 Å². The minimum Gasteiger partial charge on any atom is -0.199 e. The van der Waals surface area contributed by atoms with Crippen molar-refractivity contribution in [3.05, 3.63) is 59.7 Å². The van der Waals surface area contributed by atoms with Crippen LogP contribution in [0.25, 0.3) is 0 Å². The van der Waals surface area contributed by atoms with E-state index in [2.05, 4.69) is 7.54 Å². The van der Waals surface area contributed by atoms with Gasteiger partial charge in [-0.05, 0) is 50.6 Å². The standard InChI is InChI=1S/C18H24N2O4S4/c1-15-5-9-17(10-6-15)27(21,22)19-25(3)13-14-26(4)20-28(23,24)18-11-7-16(2)8-12-18/h5-12H,13-14H2,1-4H3. The molecule has 0 spiro atoms. The molecule has 2 aromatic rings. The van der Waals surface area contributed by atoms with Crippen LogP contribution in [0, 0.1) is 13.8 Å². The molecular weight excluding hydrogens is 436 g/mol. The fourth-order valence-corrected chi connectivity index (χ4v) is 9.01. The van der Waals surface area contributed by atoms with E-state index >= 15 is 0 Å². The van der Waals surface area contributed by atoms with Gasteiger partial charge in [-0.1, -0.05) is 56.8 Å². The molecule has 2 rings (SSSR count). The molecule has 0 bridgehead atoms. The number of sulfonamides is 2. The monoisotopic (exact) mass is 460 g/mol. The Kier molecular flexibility index (Phi) is 7.72. The van der Waals surface area contributed by atoms with E-state index < -0.39 is 41.4 Å². The highest BCUT2D eigenvalue weighted by Gasteiger charge is 2.14. The zero-order valence-electron chi connectivity index (χ0n) is 16.2. The molecule has 0 fully saturated rings. The van der Waals surface area contributed by atoms with Crippen LogP contribution in [0.1, 0.15) is 11.1 Å². The first kappa shape index (κ1) is 22.9. The van der Waals surface area contributed by atoms with E-state index in [1.54, 1.807) is 61.0 Å². The van der Waals surface area contributed by atoms with Crippen molar-refractivity contribution >= 4 is 41.4 Å². The van der Waals surface area contributed by atoms with Gasteiger partial charge >= 0.3 is 0 Å². The highest BCUT2D eigenvalue weighted by atomic mass is 32.3. The van der Waals surface area contributed by atoms with Gasteiger partial charge in [-0.25, -0.2) is 0 Å². The molecule has 2 aromatic carbocycles. The lowest BCUT2D eigenvalue weighted by atomic mass is 10.2. The third kappa shape index (κ3) is 6.61. The lowest BCUT2D eigenvalue weighted by Crippen LogP contribution is -2.09. The number of hydrogen-bond donors (Lipinski definition) is 0. The lowest BCUT2D eigenvalue weighted by molar-refractivity contribution is 0.596. The molecule has 10 heteroatoms. The summed E-state index contributed by atoms with van der Waals surface area (Å²) in [4.78, 5) is 0.333. The van der Waals surface area contributed by atoms with Crippen molar-refractivity contribution in [2.45, 2.75) is 23.6 Å². The second kappa shape index (κ2) is 9.43. The van der Waals surface area contributed by atoms with Gasteiger partial charge < -0.3 is 0 Å². The van der Waals surface area contributed by atoms with Gasteiger partial charge in [0, 0.05) is 11.5 Å². The van der Waals surface area contributed by atoms with E-state index in [1.807, 2.05) is 13.8 Å². The summed E-state index contributed by atoms with van der Waals surface area (Å²) in [5, 5.41) is 0. The molecule has 0 aliphatic heterocycles. The predicted molar refractivity (Wildman–Crippen MR) is 118 cm³/mol. The molecule has 0 heterocycles. The third-order valence-electron chi connectivity index (χ3n) is 3.76. The van der Waals surface area contributed by atoms with Gasteiger partial charge in [-0.3, -0.25) is 0 Å². The Bertz CT molecular complexity index is 1010. The van der Waals surface area contributed by atoms with Crippen molar-refractivity contribution in [3.63, 3.8) is 0 Å². The van der Waals surface area contributed by atoms with E-state index in [-0.39, 0.29) is 9.79 Å². The van der Waals surface area contributed by atoms with Gasteiger partial charge in [0.15, 0.2) is 0 Å². The van der Waals surface area contributed by atoms with Gasteiger partial charge in [-0.15, -0.1) is 7.54 Å². The summed E-state index contributed by atoms with van der Waals surface area (Å²) in [6, 6.07) is 13.1. The predicted octanol–water partition coefficient (Wildman–Crippen LogP) is 3.24. The smallest absolute Gasteiger partial charge is 0.199 e. The van der Waals surface area contributed by atoms with E-state index in [4.69, 9.17) is 0 Å². The van der Waals surface area contributed by atoms with Crippen LogP contribution in [0.2, 0.25) is 0 Å². The zero-order valence-corrected chi connectivity index (χ0v) is 19.5. The fraction of sp³-hybridized carbons (Fsp3) is 0.333. The largest absolute Gasteiger partial charge is 0.287 e. The Hall–Kier alpha value is -1.36. The van der Waals surface area contributed by atoms with Crippen LogP contribution < -0.4 is 0 Å². The van der Waals surface area contributed by atoms with Crippen molar-refractivity contribution in [2.24, 2.45) is 7.54 Å². The average molecular weight is 461 g/mol. The SMILES string of the molecule is Cc1ccc(S(=O)(=O)/N=S(/C)CC/S(C)=N/S(=O)(=O)c2ccc(C)cc2)cc1. The maximum Gasteiger partial charge on any atom is 0.287 e. The number of benzene rings is 2. The Balaban J connectivity index is 2.09. The van der Waals surface area contributed by atoms with Crippen LogP contribution in [0.15, 0.2) is 65.9 Å². The molecular formula is C18H24N2O4S4. The first-order chi connectivity index (χ1) is 13.0. The molecule has 6 nitrogen and oxygen atoms in total. The second-order valence-corrected chi connectivity index (χ2v) is 13.6. The highest BCUT2D eigenvalue weighted by molar-refractivity contribution is 8.01. The molecule has 2 unspecified atom stereocenters. The zero-order chi connectivity index (χ0) is 20.9. The molecule has 0 saturated carbocycles. The first-order valence-electron chi connectivity index (χ1n) is 8.34.